The van der Waals surface area contributed by atoms with E-state index < -0.39 is 26.7 Å². The SMILES string of the molecule is O=C(NCc1csc2ccccc12)C1CCN(S(=O)(=O)c2ccccc2C(F)(F)F)CC1. The van der Waals surface area contributed by atoms with E-state index in [0.717, 1.165) is 38.2 Å². The Hall–Kier alpha value is -2.43. The number of sulfonamides is 1. The first-order valence-electron chi connectivity index (χ1n) is 10.1. The summed E-state index contributed by atoms with van der Waals surface area (Å²) in [7, 11) is -4.31. The molecular formula is C22H21F3N2O3S2. The third-order valence-corrected chi connectivity index (χ3v) is 8.62. The van der Waals surface area contributed by atoms with Crippen molar-refractivity contribution < 1.29 is 26.4 Å². The number of fused-ring (bicyclic) bond motifs is 1. The van der Waals surface area contributed by atoms with Gasteiger partial charge in [-0.3, -0.25) is 4.79 Å². The lowest BCUT2D eigenvalue weighted by Gasteiger charge is -2.31. The van der Waals surface area contributed by atoms with Crippen LogP contribution in [-0.4, -0.2) is 31.7 Å². The molecule has 0 saturated carbocycles. The van der Waals surface area contributed by atoms with Crippen LogP contribution in [0.5, 0.6) is 0 Å². The van der Waals surface area contributed by atoms with Gasteiger partial charge < -0.3 is 5.32 Å². The fourth-order valence-electron chi connectivity index (χ4n) is 3.92. The van der Waals surface area contributed by atoms with Crippen LogP contribution in [-0.2, 0) is 27.5 Å². The van der Waals surface area contributed by atoms with E-state index in [2.05, 4.69) is 5.32 Å². The van der Waals surface area contributed by atoms with E-state index in [9.17, 15) is 26.4 Å². The highest BCUT2D eigenvalue weighted by molar-refractivity contribution is 7.89. The van der Waals surface area contributed by atoms with Gasteiger partial charge in [-0.15, -0.1) is 11.3 Å². The van der Waals surface area contributed by atoms with Crippen LogP contribution in [0, 0.1) is 5.92 Å². The van der Waals surface area contributed by atoms with Gasteiger partial charge in [-0.2, -0.15) is 17.5 Å². The topological polar surface area (TPSA) is 66.5 Å². The van der Waals surface area contributed by atoms with Crippen LogP contribution in [0.4, 0.5) is 13.2 Å². The monoisotopic (exact) mass is 482 g/mol. The van der Waals surface area contributed by atoms with Crippen molar-refractivity contribution in [3.63, 3.8) is 0 Å². The van der Waals surface area contributed by atoms with Crippen molar-refractivity contribution >= 4 is 37.4 Å². The first-order chi connectivity index (χ1) is 15.2. The van der Waals surface area contributed by atoms with Crippen molar-refractivity contribution in [2.24, 2.45) is 5.92 Å². The molecule has 1 aromatic heterocycles. The maximum absolute atomic E-state index is 13.3. The van der Waals surface area contributed by atoms with Crippen molar-refractivity contribution in [3.8, 4) is 0 Å². The minimum absolute atomic E-state index is 0.00596. The molecule has 2 heterocycles. The summed E-state index contributed by atoms with van der Waals surface area (Å²) in [5.74, 6) is -0.558. The lowest BCUT2D eigenvalue weighted by Crippen LogP contribution is -2.43. The predicted molar refractivity (Wildman–Crippen MR) is 117 cm³/mol. The number of alkyl halides is 3. The van der Waals surface area contributed by atoms with Gasteiger partial charge in [-0.05, 0) is 47.4 Å². The van der Waals surface area contributed by atoms with Gasteiger partial charge in [0.25, 0.3) is 0 Å². The Kier molecular flexibility index (Phi) is 6.28. The van der Waals surface area contributed by atoms with Gasteiger partial charge in [0.2, 0.25) is 15.9 Å². The third kappa shape index (κ3) is 4.53. The molecule has 1 amide bonds. The summed E-state index contributed by atoms with van der Waals surface area (Å²) in [5, 5.41) is 6.00. The molecular weight excluding hydrogens is 461 g/mol. The molecule has 1 N–H and O–H groups in total. The zero-order valence-electron chi connectivity index (χ0n) is 16.9. The molecule has 4 rings (SSSR count). The number of hydrogen-bond donors (Lipinski definition) is 1. The predicted octanol–water partition coefficient (Wildman–Crippen LogP) is 4.64. The average Bonchev–Trinajstić information content (AvgIpc) is 3.20. The molecule has 10 heteroatoms. The van der Waals surface area contributed by atoms with E-state index in [1.54, 1.807) is 11.3 Å². The average molecular weight is 483 g/mol. The Morgan fingerprint density at radius 2 is 1.72 bits per heavy atom. The summed E-state index contributed by atoms with van der Waals surface area (Å²) in [5.41, 5.74) is -0.162. The first kappa shape index (κ1) is 22.8. The van der Waals surface area contributed by atoms with Crippen molar-refractivity contribution in [1.82, 2.24) is 9.62 Å². The summed E-state index contributed by atoms with van der Waals surface area (Å²) >= 11 is 1.60. The molecule has 1 fully saturated rings. The van der Waals surface area contributed by atoms with Gasteiger partial charge >= 0.3 is 6.18 Å². The van der Waals surface area contributed by atoms with Crippen LogP contribution in [0.3, 0.4) is 0 Å². The van der Waals surface area contributed by atoms with Gasteiger partial charge in [0.05, 0.1) is 10.5 Å². The number of carbonyl (C=O) groups is 1. The summed E-state index contributed by atoms with van der Waals surface area (Å²) in [6, 6.07) is 12.1. The van der Waals surface area contributed by atoms with Crippen molar-refractivity contribution in [2.75, 3.05) is 13.1 Å². The molecule has 170 valence electrons. The zero-order valence-corrected chi connectivity index (χ0v) is 18.6. The second-order valence-corrected chi connectivity index (χ2v) is 10.5. The largest absolute Gasteiger partial charge is 0.417 e. The molecule has 1 saturated heterocycles. The smallest absolute Gasteiger partial charge is 0.352 e. The molecule has 1 aliphatic heterocycles. The van der Waals surface area contributed by atoms with Crippen LogP contribution < -0.4 is 5.32 Å². The fourth-order valence-corrected chi connectivity index (χ4v) is 6.56. The molecule has 32 heavy (non-hydrogen) atoms. The molecule has 5 nitrogen and oxygen atoms in total. The van der Waals surface area contributed by atoms with E-state index in [0.29, 0.717) is 6.54 Å². The molecule has 0 bridgehead atoms. The minimum atomic E-state index is -4.77. The maximum Gasteiger partial charge on any atom is 0.417 e. The highest BCUT2D eigenvalue weighted by Gasteiger charge is 2.40. The lowest BCUT2D eigenvalue weighted by atomic mass is 9.97. The standard InChI is InChI=1S/C22H21F3N2O3S2/c23-22(24,25)18-6-2-4-8-20(18)32(29,30)27-11-9-15(10-12-27)21(28)26-13-16-14-31-19-7-3-1-5-17(16)19/h1-8,14-15H,9-13H2,(H,26,28). The van der Waals surface area contributed by atoms with Gasteiger partial charge in [-0.1, -0.05) is 30.3 Å². The highest BCUT2D eigenvalue weighted by Crippen LogP contribution is 2.36. The minimum Gasteiger partial charge on any atom is -0.352 e. The van der Waals surface area contributed by atoms with E-state index in [1.165, 1.54) is 6.07 Å². The number of piperidine rings is 1. The third-order valence-electron chi connectivity index (χ3n) is 5.65. The molecule has 0 atom stereocenters. The molecule has 2 aromatic carbocycles. The summed E-state index contributed by atoms with van der Waals surface area (Å²) in [4.78, 5) is 11.9. The summed E-state index contributed by atoms with van der Waals surface area (Å²) in [6.45, 7) is 0.363. The van der Waals surface area contributed by atoms with Crippen LogP contribution in [0.25, 0.3) is 10.1 Å². The number of nitrogens with zero attached hydrogens (tertiary/aromatic N) is 1. The number of halogens is 3. The van der Waals surface area contributed by atoms with E-state index in [1.807, 2.05) is 29.6 Å². The zero-order chi connectivity index (χ0) is 22.9. The van der Waals surface area contributed by atoms with E-state index in [-0.39, 0.29) is 37.8 Å². The van der Waals surface area contributed by atoms with Crippen molar-refractivity contribution in [3.05, 3.63) is 65.0 Å². The first-order valence-corrected chi connectivity index (χ1v) is 12.4. The number of thiophene rings is 1. The molecule has 0 spiro atoms. The number of benzene rings is 2. The number of hydrogen-bond acceptors (Lipinski definition) is 4. The van der Waals surface area contributed by atoms with Gasteiger partial charge in [0.15, 0.2) is 0 Å². The van der Waals surface area contributed by atoms with Gasteiger partial charge in [0, 0.05) is 30.3 Å². The summed E-state index contributed by atoms with van der Waals surface area (Å²) < 4.78 is 67.7. The quantitative estimate of drug-likeness (QED) is 0.576. The van der Waals surface area contributed by atoms with Crippen LogP contribution in [0.1, 0.15) is 24.0 Å². The molecule has 3 aromatic rings. The van der Waals surface area contributed by atoms with Crippen molar-refractivity contribution in [2.45, 2.75) is 30.5 Å². The van der Waals surface area contributed by atoms with Crippen LogP contribution in [0.2, 0.25) is 0 Å². The Morgan fingerprint density at radius 1 is 1.06 bits per heavy atom. The molecule has 1 aliphatic rings. The van der Waals surface area contributed by atoms with E-state index in [4.69, 9.17) is 0 Å². The van der Waals surface area contributed by atoms with Crippen LogP contribution >= 0.6 is 11.3 Å². The fraction of sp³-hybridized carbons (Fsp3) is 0.318. The Morgan fingerprint density at radius 3 is 2.44 bits per heavy atom. The Labute approximate surface area is 187 Å². The van der Waals surface area contributed by atoms with Crippen molar-refractivity contribution in [1.29, 1.82) is 0 Å². The Bertz CT molecular complexity index is 1230. The van der Waals surface area contributed by atoms with E-state index >= 15 is 0 Å². The number of nitrogens with one attached hydrogen (secondary N) is 1. The Balaban J connectivity index is 1.39. The second-order valence-electron chi connectivity index (χ2n) is 7.65. The number of amides is 1. The number of carbonyl (C=O) groups excluding carboxylic acids is 1. The van der Waals surface area contributed by atoms with Crippen LogP contribution in [0.15, 0.2) is 58.8 Å². The van der Waals surface area contributed by atoms with Gasteiger partial charge in [0.1, 0.15) is 0 Å². The van der Waals surface area contributed by atoms with Gasteiger partial charge in [-0.25, -0.2) is 8.42 Å². The normalized spacial score (nSPS) is 16.3. The maximum atomic E-state index is 13.3. The second kappa shape index (κ2) is 8.84. The lowest BCUT2D eigenvalue weighted by molar-refractivity contribution is -0.139. The highest BCUT2D eigenvalue weighted by atomic mass is 32.2. The molecule has 0 radical (unpaired) electrons. The number of rotatable bonds is 5. The summed E-state index contributed by atoms with van der Waals surface area (Å²) in [6.07, 6.45) is -4.26. The molecule has 0 aliphatic carbocycles. The molecule has 0 unspecified atom stereocenters.